The highest BCUT2D eigenvalue weighted by Crippen LogP contribution is 2.32. The molecule has 0 aliphatic carbocycles. The Morgan fingerprint density at radius 1 is 1.22 bits per heavy atom. The summed E-state index contributed by atoms with van der Waals surface area (Å²) in [6.45, 7) is 5.48. The zero-order valence-electron chi connectivity index (χ0n) is 16.8. The molecule has 148 valence electrons. The van der Waals surface area contributed by atoms with E-state index < -0.39 is 5.92 Å². The summed E-state index contributed by atoms with van der Waals surface area (Å²) in [5.74, 6) is 0.299. The van der Waals surface area contributed by atoms with E-state index in [2.05, 4.69) is 4.90 Å². The molecule has 0 N–H and O–H groups in total. The van der Waals surface area contributed by atoms with Crippen molar-refractivity contribution >= 4 is 23.5 Å². The molecule has 1 heterocycles. The van der Waals surface area contributed by atoms with Gasteiger partial charge in [-0.25, -0.2) is 0 Å². The average Bonchev–Trinajstić information content (AvgIpc) is 2.70. The molecule has 0 saturated carbocycles. The number of rotatable bonds is 10. The number of hydrogen-bond acceptors (Lipinski definition) is 5. The molecule has 0 spiro atoms. The lowest BCUT2D eigenvalue weighted by atomic mass is 9.91. The number of methoxy groups -OCH3 is 1. The molecular weight excluding hydrogens is 342 g/mol. The quantitative estimate of drug-likeness (QED) is 0.458. The van der Waals surface area contributed by atoms with Crippen molar-refractivity contribution in [1.82, 2.24) is 0 Å². The number of aldehydes is 1. The predicted octanol–water partition coefficient (Wildman–Crippen LogP) is 4.01. The number of ether oxygens (including phenoxy) is 1. The first-order valence-electron chi connectivity index (χ1n) is 9.93. The molecule has 1 aliphatic rings. The highest BCUT2D eigenvalue weighted by Gasteiger charge is 2.22. The first-order valence-corrected chi connectivity index (χ1v) is 9.93. The molecule has 1 fully saturated rings. The molecule has 1 atom stereocenters. The van der Waals surface area contributed by atoms with Crippen LogP contribution in [0.4, 0.5) is 5.69 Å². The van der Waals surface area contributed by atoms with E-state index in [4.69, 9.17) is 4.74 Å². The van der Waals surface area contributed by atoms with Gasteiger partial charge in [0.2, 0.25) is 0 Å². The number of Topliss-reactive ketones (excluding diaryl/α,β-unsaturated/α-hetero) is 2. The summed E-state index contributed by atoms with van der Waals surface area (Å²) in [7, 11) is 1.63. The third-order valence-electron chi connectivity index (χ3n) is 5.30. The Balaban J connectivity index is 2.29. The fourth-order valence-corrected chi connectivity index (χ4v) is 3.72. The highest BCUT2D eigenvalue weighted by molar-refractivity contribution is 6.00. The summed E-state index contributed by atoms with van der Waals surface area (Å²) in [4.78, 5) is 37.9. The van der Waals surface area contributed by atoms with Gasteiger partial charge in [0.25, 0.3) is 0 Å². The Kier molecular flexibility index (Phi) is 8.01. The van der Waals surface area contributed by atoms with Gasteiger partial charge in [0.05, 0.1) is 7.11 Å². The van der Waals surface area contributed by atoms with Gasteiger partial charge in [0.15, 0.2) is 5.78 Å². The van der Waals surface area contributed by atoms with Crippen molar-refractivity contribution in [1.29, 1.82) is 0 Å². The SMILES string of the molecule is CCc1c(OC)cc(N2CCCCC2)cc1C(=O)CC(C=O)CCC(C)=O. The summed E-state index contributed by atoms with van der Waals surface area (Å²) < 4.78 is 5.58. The lowest BCUT2D eigenvalue weighted by Gasteiger charge is -2.30. The monoisotopic (exact) mass is 373 g/mol. The van der Waals surface area contributed by atoms with Crippen molar-refractivity contribution in [3.63, 3.8) is 0 Å². The van der Waals surface area contributed by atoms with Gasteiger partial charge in [-0.3, -0.25) is 4.79 Å². The Hall–Kier alpha value is -2.17. The Morgan fingerprint density at radius 3 is 2.48 bits per heavy atom. The van der Waals surface area contributed by atoms with Crippen LogP contribution in [0.25, 0.3) is 0 Å². The van der Waals surface area contributed by atoms with Crippen molar-refractivity contribution in [3.05, 3.63) is 23.3 Å². The van der Waals surface area contributed by atoms with Gasteiger partial charge in [0, 0.05) is 54.7 Å². The third kappa shape index (κ3) is 5.65. The van der Waals surface area contributed by atoms with E-state index in [1.807, 2.05) is 19.1 Å². The summed E-state index contributed by atoms with van der Waals surface area (Å²) in [6.07, 6.45) is 5.92. The van der Waals surface area contributed by atoms with Crippen molar-refractivity contribution in [3.8, 4) is 5.75 Å². The molecule has 1 aromatic carbocycles. The van der Waals surface area contributed by atoms with Crippen LogP contribution >= 0.6 is 0 Å². The smallest absolute Gasteiger partial charge is 0.164 e. The highest BCUT2D eigenvalue weighted by atomic mass is 16.5. The molecule has 1 aliphatic heterocycles. The van der Waals surface area contributed by atoms with Crippen molar-refractivity contribution in [2.24, 2.45) is 5.92 Å². The molecule has 0 amide bonds. The van der Waals surface area contributed by atoms with Crippen molar-refractivity contribution in [2.45, 2.75) is 58.8 Å². The lowest BCUT2D eigenvalue weighted by molar-refractivity contribution is -0.117. The number of piperidine rings is 1. The third-order valence-corrected chi connectivity index (χ3v) is 5.30. The first kappa shape index (κ1) is 21.1. The zero-order chi connectivity index (χ0) is 19.8. The second kappa shape index (κ2) is 10.2. The van der Waals surface area contributed by atoms with Crippen LogP contribution in [0.2, 0.25) is 0 Å². The van der Waals surface area contributed by atoms with Crippen molar-refractivity contribution < 1.29 is 19.1 Å². The van der Waals surface area contributed by atoms with Gasteiger partial charge in [-0.1, -0.05) is 6.92 Å². The van der Waals surface area contributed by atoms with Gasteiger partial charge >= 0.3 is 0 Å². The number of ketones is 2. The maximum absolute atomic E-state index is 13.0. The lowest BCUT2D eigenvalue weighted by Crippen LogP contribution is -2.29. The first-order chi connectivity index (χ1) is 13.0. The molecule has 0 aromatic heterocycles. The van der Waals surface area contributed by atoms with Crippen LogP contribution in [0.3, 0.4) is 0 Å². The van der Waals surface area contributed by atoms with Crippen LogP contribution in [-0.4, -0.2) is 38.1 Å². The fourth-order valence-electron chi connectivity index (χ4n) is 3.72. The van der Waals surface area contributed by atoms with Gasteiger partial charge in [-0.15, -0.1) is 0 Å². The number of carbonyl (C=O) groups is 3. The largest absolute Gasteiger partial charge is 0.496 e. The average molecular weight is 373 g/mol. The Labute approximate surface area is 162 Å². The van der Waals surface area contributed by atoms with Crippen LogP contribution in [0, 0.1) is 5.92 Å². The molecule has 5 heteroatoms. The summed E-state index contributed by atoms with van der Waals surface area (Å²) >= 11 is 0. The van der Waals surface area contributed by atoms with E-state index in [0.717, 1.165) is 49.2 Å². The van der Waals surface area contributed by atoms with Crippen LogP contribution in [0.1, 0.15) is 68.3 Å². The minimum absolute atomic E-state index is 0.0392. The molecular formula is C22H31NO4. The fraction of sp³-hybridized carbons (Fsp3) is 0.591. The molecule has 1 saturated heterocycles. The number of hydrogen-bond donors (Lipinski definition) is 0. The Morgan fingerprint density at radius 2 is 1.93 bits per heavy atom. The second-order valence-corrected chi connectivity index (χ2v) is 7.34. The van der Waals surface area contributed by atoms with Crippen LogP contribution in [0.5, 0.6) is 5.75 Å². The topological polar surface area (TPSA) is 63.7 Å². The van der Waals surface area contributed by atoms with Gasteiger partial charge < -0.3 is 19.2 Å². The molecule has 0 bridgehead atoms. The number of anilines is 1. The maximum atomic E-state index is 13.0. The summed E-state index contributed by atoms with van der Waals surface area (Å²) in [6, 6.07) is 3.98. The van der Waals surface area contributed by atoms with Crippen LogP contribution in [-0.2, 0) is 16.0 Å². The summed E-state index contributed by atoms with van der Waals surface area (Å²) in [5.41, 5.74) is 2.55. The standard InChI is InChI=1S/C22H31NO4/c1-4-19-20(21(26)12-17(15-24)9-8-16(2)25)13-18(14-22(19)27-3)23-10-6-5-7-11-23/h13-15,17H,4-12H2,1-3H3. The minimum atomic E-state index is -0.421. The molecule has 27 heavy (non-hydrogen) atoms. The van der Waals surface area contributed by atoms with E-state index in [1.165, 1.54) is 13.3 Å². The number of nitrogens with zero attached hydrogens (tertiary/aromatic N) is 1. The van der Waals surface area contributed by atoms with Crippen LogP contribution in [0.15, 0.2) is 12.1 Å². The molecule has 0 radical (unpaired) electrons. The van der Waals surface area contributed by atoms with Gasteiger partial charge in [-0.2, -0.15) is 0 Å². The van der Waals surface area contributed by atoms with E-state index in [1.54, 1.807) is 7.11 Å². The van der Waals surface area contributed by atoms with Gasteiger partial charge in [0.1, 0.15) is 17.8 Å². The molecule has 1 unspecified atom stereocenters. The van der Waals surface area contributed by atoms with Gasteiger partial charge in [-0.05, 0) is 45.1 Å². The predicted molar refractivity (Wildman–Crippen MR) is 107 cm³/mol. The van der Waals surface area contributed by atoms with E-state index >= 15 is 0 Å². The number of carbonyl (C=O) groups excluding carboxylic acids is 3. The normalized spacial score (nSPS) is 15.3. The number of benzene rings is 1. The van der Waals surface area contributed by atoms with E-state index in [9.17, 15) is 14.4 Å². The Bertz CT molecular complexity index is 677. The maximum Gasteiger partial charge on any atom is 0.164 e. The van der Waals surface area contributed by atoms with Crippen LogP contribution < -0.4 is 9.64 Å². The summed E-state index contributed by atoms with van der Waals surface area (Å²) in [5, 5.41) is 0. The minimum Gasteiger partial charge on any atom is -0.496 e. The van der Waals surface area contributed by atoms with E-state index in [-0.39, 0.29) is 18.0 Å². The zero-order valence-corrected chi connectivity index (χ0v) is 16.8. The van der Waals surface area contributed by atoms with Crippen molar-refractivity contribution in [2.75, 3.05) is 25.1 Å². The molecule has 2 rings (SSSR count). The second-order valence-electron chi connectivity index (χ2n) is 7.34. The van der Waals surface area contributed by atoms with E-state index in [0.29, 0.717) is 24.8 Å². The molecule has 5 nitrogen and oxygen atoms in total. The molecule has 1 aromatic rings.